The number of rotatable bonds is 8. The average molecular weight is 526 g/mol. The van der Waals surface area contributed by atoms with Gasteiger partial charge < -0.3 is 14.2 Å². The van der Waals surface area contributed by atoms with Crippen molar-refractivity contribution >= 4 is 35.2 Å². The Hall–Kier alpha value is -4.12. The molecular weight excluding hydrogens is 489 g/mol. The lowest BCUT2D eigenvalue weighted by Gasteiger charge is -2.32. The number of anilines is 3. The third kappa shape index (κ3) is 5.47. The van der Waals surface area contributed by atoms with Gasteiger partial charge in [0.2, 0.25) is 0 Å². The number of allylic oxidation sites excluding steroid dienone is 4. The van der Waals surface area contributed by atoms with Gasteiger partial charge in [-0.3, -0.25) is 0 Å². The van der Waals surface area contributed by atoms with Gasteiger partial charge >= 0.3 is 7.12 Å². The topological polar surface area (TPSA) is 21.7 Å². The summed E-state index contributed by atoms with van der Waals surface area (Å²) in [6, 6.07) is 36.1. The molecule has 1 heterocycles. The molecule has 4 aromatic rings. The van der Waals surface area contributed by atoms with Crippen LogP contribution in [0.2, 0.25) is 0 Å². The molecule has 0 aliphatic carbocycles. The summed E-state index contributed by atoms with van der Waals surface area (Å²) in [5.74, 6) is 0. The van der Waals surface area contributed by atoms with Crippen LogP contribution in [0.1, 0.15) is 33.3 Å². The Labute approximate surface area is 239 Å². The van der Waals surface area contributed by atoms with E-state index in [0.717, 1.165) is 33.7 Å². The zero-order chi connectivity index (χ0) is 28.3. The summed E-state index contributed by atoms with van der Waals surface area (Å²) in [6.07, 6.45) is 5.61. The maximum Gasteiger partial charge on any atom is 0.494 e. The van der Waals surface area contributed by atoms with Crippen molar-refractivity contribution in [3.05, 3.63) is 140 Å². The summed E-state index contributed by atoms with van der Waals surface area (Å²) in [7, 11) is -0.397. The minimum absolute atomic E-state index is 0.380. The number of nitrogens with zero attached hydrogens (tertiary/aromatic N) is 1. The van der Waals surface area contributed by atoms with Crippen LogP contribution in [0.15, 0.2) is 135 Å². The van der Waals surface area contributed by atoms with Gasteiger partial charge in [-0.25, -0.2) is 0 Å². The Bertz CT molecular complexity index is 1490. The van der Waals surface area contributed by atoms with Crippen LogP contribution in [0, 0.1) is 0 Å². The second kappa shape index (κ2) is 11.2. The van der Waals surface area contributed by atoms with Gasteiger partial charge in [0, 0.05) is 17.1 Å². The zero-order valence-electron chi connectivity index (χ0n) is 23.8. The summed E-state index contributed by atoms with van der Waals surface area (Å²) in [5, 5.41) is 0. The first-order valence-corrected chi connectivity index (χ1v) is 13.7. The number of hydrogen-bond acceptors (Lipinski definition) is 3. The van der Waals surface area contributed by atoms with Gasteiger partial charge in [-0.15, -0.1) is 0 Å². The molecule has 4 heteroatoms. The van der Waals surface area contributed by atoms with Crippen LogP contribution in [0.3, 0.4) is 0 Å². The highest BCUT2D eigenvalue weighted by Gasteiger charge is 2.51. The first kappa shape index (κ1) is 27.5. The largest absolute Gasteiger partial charge is 0.494 e. The lowest BCUT2D eigenvalue weighted by Crippen LogP contribution is -2.41. The molecular formula is C36H36BNO2. The molecule has 200 valence electrons. The van der Waals surface area contributed by atoms with Crippen molar-refractivity contribution in [3.8, 4) is 11.1 Å². The molecule has 4 aromatic carbocycles. The van der Waals surface area contributed by atoms with Gasteiger partial charge in [0.05, 0.1) is 11.2 Å². The molecule has 3 nitrogen and oxygen atoms in total. The molecule has 5 rings (SSSR count). The second-order valence-electron chi connectivity index (χ2n) is 11.0. The van der Waals surface area contributed by atoms with Crippen molar-refractivity contribution in [1.82, 2.24) is 0 Å². The van der Waals surface area contributed by atoms with Crippen LogP contribution in [0.5, 0.6) is 0 Å². The Morgan fingerprint density at radius 1 is 0.650 bits per heavy atom. The number of hydrogen-bond donors (Lipinski definition) is 0. The van der Waals surface area contributed by atoms with Crippen LogP contribution in [0.25, 0.3) is 16.7 Å². The first-order valence-electron chi connectivity index (χ1n) is 13.7. The van der Waals surface area contributed by atoms with E-state index in [1.807, 2.05) is 18.2 Å². The van der Waals surface area contributed by atoms with Crippen molar-refractivity contribution in [2.45, 2.75) is 38.9 Å². The van der Waals surface area contributed by atoms with Gasteiger partial charge in [0.1, 0.15) is 0 Å². The summed E-state index contributed by atoms with van der Waals surface area (Å²) in [5.41, 5.74) is 7.92. The molecule has 0 saturated carbocycles. The summed E-state index contributed by atoms with van der Waals surface area (Å²) in [4.78, 5) is 2.26. The molecule has 0 radical (unpaired) electrons. The van der Waals surface area contributed by atoms with E-state index in [1.165, 1.54) is 11.1 Å². The fourth-order valence-electron chi connectivity index (χ4n) is 4.85. The lowest BCUT2D eigenvalue weighted by atomic mass is 9.79. The van der Waals surface area contributed by atoms with E-state index in [0.29, 0.717) is 0 Å². The summed E-state index contributed by atoms with van der Waals surface area (Å²) < 4.78 is 12.6. The Morgan fingerprint density at radius 3 is 1.62 bits per heavy atom. The fourth-order valence-corrected chi connectivity index (χ4v) is 4.85. The lowest BCUT2D eigenvalue weighted by molar-refractivity contribution is 0.00578. The maximum atomic E-state index is 6.28. The van der Waals surface area contributed by atoms with Crippen molar-refractivity contribution in [3.63, 3.8) is 0 Å². The quantitative estimate of drug-likeness (QED) is 0.169. The van der Waals surface area contributed by atoms with Crippen molar-refractivity contribution in [1.29, 1.82) is 0 Å². The van der Waals surface area contributed by atoms with Gasteiger partial charge in [0.25, 0.3) is 0 Å². The molecule has 0 spiro atoms. The molecule has 0 aromatic heterocycles. The van der Waals surface area contributed by atoms with Crippen LogP contribution < -0.4 is 10.4 Å². The van der Waals surface area contributed by atoms with E-state index in [-0.39, 0.29) is 11.2 Å². The highest BCUT2D eigenvalue weighted by molar-refractivity contribution is 6.62. The molecule has 1 aliphatic heterocycles. The van der Waals surface area contributed by atoms with Crippen molar-refractivity contribution < 1.29 is 9.31 Å². The highest BCUT2D eigenvalue weighted by Crippen LogP contribution is 2.38. The average Bonchev–Trinajstić information content (AvgIpc) is 3.20. The molecule has 0 atom stereocenters. The Balaban J connectivity index is 1.51. The predicted molar refractivity (Wildman–Crippen MR) is 171 cm³/mol. The van der Waals surface area contributed by atoms with Crippen LogP contribution in [-0.4, -0.2) is 18.3 Å². The third-order valence-electron chi connectivity index (χ3n) is 7.89. The molecule has 0 unspecified atom stereocenters. The predicted octanol–water partition coefficient (Wildman–Crippen LogP) is 8.88. The molecule has 1 aliphatic rings. The number of benzene rings is 4. The van der Waals surface area contributed by atoms with Gasteiger partial charge in [-0.05, 0) is 91.8 Å². The SMILES string of the molecule is C=C/C=C(\C=C)c1ccc(N(c2ccc(B3OC(C)(C)C(C)(C)O3)cc2)c2ccc(-c3ccccc3)cc2)cc1. The molecule has 0 amide bonds. The monoisotopic (exact) mass is 525 g/mol. The third-order valence-corrected chi connectivity index (χ3v) is 7.89. The normalized spacial score (nSPS) is 16.0. The highest BCUT2D eigenvalue weighted by atomic mass is 16.7. The molecule has 1 fully saturated rings. The zero-order valence-corrected chi connectivity index (χ0v) is 23.8. The van der Waals surface area contributed by atoms with Gasteiger partial charge in [-0.2, -0.15) is 0 Å². The Kier molecular flexibility index (Phi) is 7.67. The molecule has 1 saturated heterocycles. The second-order valence-corrected chi connectivity index (χ2v) is 11.0. The van der Waals surface area contributed by atoms with Crippen LogP contribution >= 0.6 is 0 Å². The van der Waals surface area contributed by atoms with Crippen LogP contribution in [0.4, 0.5) is 17.1 Å². The molecule has 0 N–H and O–H groups in total. The minimum Gasteiger partial charge on any atom is -0.399 e. The smallest absolute Gasteiger partial charge is 0.399 e. The minimum atomic E-state index is -0.397. The summed E-state index contributed by atoms with van der Waals surface area (Å²) >= 11 is 0. The first-order chi connectivity index (χ1) is 19.2. The van der Waals surface area contributed by atoms with E-state index in [4.69, 9.17) is 9.31 Å². The fraction of sp³-hybridized carbons (Fsp3) is 0.167. The summed E-state index contributed by atoms with van der Waals surface area (Å²) in [6.45, 7) is 16.1. The molecule has 0 bridgehead atoms. The van der Waals surface area contributed by atoms with Gasteiger partial charge in [0.15, 0.2) is 0 Å². The standard InChI is InChI=1S/C36H36BNO2/c1-7-12-27(8-2)29-15-21-32(22-16-29)38(33-23-17-30(18-24-33)28-13-10-9-11-14-28)34-25-19-31(20-26-34)37-39-35(3,4)36(5,6)40-37/h7-26H,1-2H2,3-6H3/b27-12+. The van der Waals surface area contributed by atoms with E-state index < -0.39 is 7.12 Å². The van der Waals surface area contributed by atoms with E-state index >= 15 is 0 Å². The van der Waals surface area contributed by atoms with Crippen molar-refractivity contribution in [2.24, 2.45) is 0 Å². The van der Waals surface area contributed by atoms with E-state index in [9.17, 15) is 0 Å². The maximum absolute atomic E-state index is 6.28. The molecule has 40 heavy (non-hydrogen) atoms. The van der Waals surface area contributed by atoms with Crippen LogP contribution in [-0.2, 0) is 9.31 Å². The van der Waals surface area contributed by atoms with Crippen molar-refractivity contribution in [2.75, 3.05) is 4.90 Å². The van der Waals surface area contributed by atoms with E-state index in [2.05, 4.69) is 143 Å². The van der Waals surface area contributed by atoms with E-state index in [1.54, 1.807) is 6.08 Å². The van der Waals surface area contributed by atoms with Gasteiger partial charge in [-0.1, -0.05) is 98.1 Å². The Morgan fingerprint density at radius 2 is 1.12 bits per heavy atom.